The van der Waals surface area contributed by atoms with E-state index in [0.717, 1.165) is 16.3 Å². The highest BCUT2D eigenvalue weighted by molar-refractivity contribution is 7.98. The minimum atomic E-state index is -0.674. The third-order valence-electron chi connectivity index (χ3n) is 4.18. The molecule has 1 aliphatic rings. The maximum absolute atomic E-state index is 12.7. The van der Waals surface area contributed by atoms with Gasteiger partial charge in [-0.05, 0) is 29.8 Å². The maximum Gasteiger partial charge on any atom is 0.269 e. The SMILES string of the molecule is O=C(Nc1ccccc1SCc1ccccc1)[C@@H]1COc2ccccc2O1. The monoisotopic (exact) mass is 377 g/mol. The van der Waals surface area contributed by atoms with Gasteiger partial charge in [0.05, 0.1) is 5.69 Å². The minimum Gasteiger partial charge on any atom is -0.485 e. The van der Waals surface area contributed by atoms with Crippen molar-refractivity contribution in [2.45, 2.75) is 16.8 Å². The van der Waals surface area contributed by atoms with Crippen molar-refractivity contribution < 1.29 is 14.3 Å². The van der Waals surface area contributed by atoms with Crippen molar-refractivity contribution in [2.24, 2.45) is 0 Å². The van der Waals surface area contributed by atoms with Crippen molar-refractivity contribution in [3.8, 4) is 11.5 Å². The Morgan fingerprint density at radius 2 is 1.63 bits per heavy atom. The lowest BCUT2D eigenvalue weighted by atomic mass is 10.2. The number of amides is 1. The van der Waals surface area contributed by atoms with Crippen LogP contribution in [-0.2, 0) is 10.5 Å². The highest BCUT2D eigenvalue weighted by Gasteiger charge is 2.27. The van der Waals surface area contributed by atoms with Gasteiger partial charge in [-0.1, -0.05) is 54.6 Å². The number of thioether (sulfide) groups is 1. The molecule has 0 saturated carbocycles. The normalized spacial score (nSPS) is 15.2. The summed E-state index contributed by atoms with van der Waals surface area (Å²) in [5.41, 5.74) is 2.02. The van der Waals surface area contributed by atoms with Crippen LogP contribution in [0.2, 0.25) is 0 Å². The smallest absolute Gasteiger partial charge is 0.269 e. The van der Waals surface area contributed by atoms with E-state index >= 15 is 0 Å². The van der Waals surface area contributed by atoms with Crippen molar-refractivity contribution in [1.82, 2.24) is 0 Å². The zero-order valence-electron chi connectivity index (χ0n) is 14.6. The molecule has 136 valence electrons. The van der Waals surface area contributed by atoms with Gasteiger partial charge >= 0.3 is 0 Å². The van der Waals surface area contributed by atoms with E-state index in [2.05, 4.69) is 17.4 Å². The first kappa shape index (κ1) is 17.5. The molecule has 0 radical (unpaired) electrons. The Hall–Kier alpha value is -2.92. The Morgan fingerprint density at radius 3 is 2.48 bits per heavy atom. The van der Waals surface area contributed by atoms with Crippen LogP contribution in [0.1, 0.15) is 5.56 Å². The molecule has 27 heavy (non-hydrogen) atoms. The van der Waals surface area contributed by atoms with Gasteiger partial charge in [0.1, 0.15) is 6.61 Å². The van der Waals surface area contributed by atoms with Crippen molar-refractivity contribution >= 4 is 23.4 Å². The minimum absolute atomic E-state index is 0.197. The molecular formula is C22H19NO3S. The second kappa shape index (κ2) is 8.18. The predicted octanol–water partition coefficient (Wildman–Crippen LogP) is 4.76. The van der Waals surface area contributed by atoms with E-state index < -0.39 is 6.10 Å². The van der Waals surface area contributed by atoms with Gasteiger partial charge in [-0.3, -0.25) is 4.79 Å². The van der Waals surface area contributed by atoms with Gasteiger partial charge in [-0.25, -0.2) is 0 Å². The summed E-state index contributed by atoms with van der Waals surface area (Å²) in [4.78, 5) is 13.7. The summed E-state index contributed by atoms with van der Waals surface area (Å²) in [6.07, 6.45) is -0.674. The van der Waals surface area contributed by atoms with E-state index in [1.807, 2.05) is 60.7 Å². The first-order valence-corrected chi connectivity index (χ1v) is 9.73. The summed E-state index contributed by atoms with van der Waals surface area (Å²) < 4.78 is 11.4. The van der Waals surface area contributed by atoms with E-state index in [0.29, 0.717) is 11.5 Å². The number of nitrogens with one attached hydrogen (secondary N) is 1. The number of para-hydroxylation sites is 3. The molecular weight excluding hydrogens is 358 g/mol. The molecule has 4 rings (SSSR count). The maximum atomic E-state index is 12.7. The first-order valence-electron chi connectivity index (χ1n) is 8.75. The van der Waals surface area contributed by atoms with Gasteiger partial charge in [0.2, 0.25) is 6.10 Å². The van der Waals surface area contributed by atoms with E-state index in [1.165, 1.54) is 5.56 Å². The lowest BCUT2D eigenvalue weighted by Crippen LogP contribution is -2.40. The van der Waals surface area contributed by atoms with Crippen molar-refractivity contribution in [3.63, 3.8) is 0 Å². The number of fused-ring (bicyclic) bond motifs is 1. The van der Waals surface area contributed by atoms with Crippen LogP contribution in [0.25, 0.3) is 0 Å². The van der Waals surface area contributed by atoms with Gasteiger partial charge < -0.3 is 14.8 Å². The zero-order chi connectivity index (χ0) is 18.5. The molecule has 3 aromatic rings. The number of carbonyl (C=O) groups excluding carboxylic acids is 1. The highest BCUT2D eigenvalue weighted by atomic mass is 32.2. The van der Waals surface area contributed by atoms with E-state index in [4.69, 9.17) is 9.47 Å². The number of hydrogen-bond acceptors (Lipinski definition) is 4. The molecule has 1 aliphatic heterocycles. The van der Waals surface area contributed by atoms with E-state index in [1.54, 1.807) is 17.8 Å². The van der Waals surface area contributed by atoms with Crippen LogP contribution in [0.5, 0.6) is 11.5 Å². The molecule has 1 atom stereocenters. The number of benzene rings is 3. The molecule has 0 aliphatic carbocycles. The molecule has 4 nitrogen and oxygen atoms in total. The fraction of sp³-hybridized carbons (Fsp3) is 0.136. The number of carbonyl (C=O) groups is 1. The molecule has 0 saturated heterocycles. The zero-order valence-corrected chi connectivity index (χ0v) is 15.4. The summed E-state index contributed by atoms with van der Waals surface area (Å²) >= 11 is 1.69. The summed E-state index contributed by atoms with van der Waals surface area (Å²) in [5.74, 6) is 1.89. The number of hydrogen-bond donors (Lipinski definition) is 1. The molecule has 0 spiro atoms. The van der Waals surface area contributed by atoms with E-state index in [-0.39, 0.29) is 12.5 Å². The molecule has 1 amide bonds. The standard InChI is InChI=1S/C22H19NO3S/c24-22(20-14-25-18-11-5-6-12-19(18)26-20)23-17-10-4-7-13-21(17)27-15-16-8-2-1-3-9-16/h1-13,20H,14-15H2,(H,23,24)/t20-/m0/s1. The van der Waals surface area contributed by atoms with Crippen molar-refractivity contribution in [3.05, 3.63) is 84.4 Å². The van der Waals surface area contributed by atoms with Crippen LogP contribution in [0.15, 0.2) is 83.8 Å². The molecule has 0 aromatic heterocycles. The topological polar surface area (TPSA) is 47.6 Å². The Morgan fingerprint density at radius 1 is 0.926 bits per heavy atom. The largest absolute Gasteiger partial charge is 0.485 e. The van der Waals surface area contributed by atoms with Crippen LogP contribution >= 0.6 is 11.8 Å². The quantitative estimate of drug-likeness (QED) is 0.652. The van der Waals surface area contributed by atoms with Gasteiger partial charge in [-0.2, -0.15) is 0 Å². The number of anilines is 1. The first-order chi connectivity index (χ1) is 13.3. The second-order valence-corrected chi connectivity index (χ2v) is 7.14. The molecule has 5 heteroatoms. The summed E-state index contributed by atoms with van der Waals surface area (Å²) in [6.45, 7) is 0.197. The highest BCUT2D eigenvalue weighted by Crippen LogP contribution is 2.32. The summed E-state index contributed by atoms with van der Waals surface area (Å²) in [5, 5.41) is 2.98. The lowest BCUT2D eigenvalue weighted by Gasteiger charge is -2.25. The Kier molecular flexibility index (Phi) is 5.30. The van der Waals surface area contributed by atoms with Crippen LogP contribution in [0.3, 0.4) is 0 Å². The van der Waals surface area contributed by atoms with Crippen LogP contribution in [0.4, 0.5) is 5.69 Å². The fourth-order valence-electron chi connectivity index (χ4n) is 2.79. The molecule has 1 heterocycles. The average molecular weight is 377 g/mol. The lowest BCUT2D eigenvalue weighted by molar-refractivity contribution is -0.125. The van der Waals surface area contributed by atoms with Gasteiger partial charge in [0.15, 0.2) is 11.5 Å². The molecule has 0 fully saturated rings. The Labute approximate surface area is 162 Å². The fourth-order valence-corrected chi connectivity index (χ4v) is 3.76. The molecule has 0 unspecified atom stereocenters. The van der Waals surface area contributed by atoms with Crippen molar-refractivity contribution in [2.75, 3.05) is 11.9 Å². The van der Waals surface area contributed by atoms with Crippen molar-refractivity contribution in [1.29, 1.82) is 0 Å². The molecule has 3 aromatic carbocycles. The number of ether oxygens (including phenoxy) is 2. The summed E-state index contributed by atoms with van der Waals surface area (Å²) in [7, 11) is 0. The third kappa shape index (κ3) is 4.26. The second-order valence-electron chi connectivity index (χ2n) is 6.12. The summed E-state index contributed by atoms with van der Waals surface area (Å²) in [6, 6.07) is 25.4. The van der Waals surface area contributed by atoms with Gasteiger partial charge in [0, 0.05) is 10.6 Å². The van der Waals surface area contributed by atoms with Gasteiger partial charge in [0.25, 0.3) is 5.91 Å². The average Bonchev–Trinajstić information content (AvgIpc) is 2.73. The van der Waals surface area contributed by atoms with Gasteiger partial charge in [-0.15, -0.1) is 11.8 Å². The Balaban J connectivity index is 1.43. The van der Waals surface area contributed by atoms with Crippen LogP contribution < -0.4 is 14.8 Å². The molecule has 1 N–H and O–H groups in total. The Bertz CT molecular complexity index is 930. The van der Waals surface area contributed by atoms with E-state index in [9.17, 15) is 4.79 Å². The molecule has 0 bridgehead atoms. The predicted molar refractivity (Wildman–Crippen MR) is 107 cm³/mol. The number of rotatable bonds is 5. The third-order valence-corrected chi connectivity index (χ3v) is 5.33. The van der Waals surface area contributed by atoms with Crippen LogP contribution in [0, 0.1) is 0 Å². The van der Waals surface area contributed by atoms with Crippen LogP contribution in [-0.4, -0.2) is 18.6 Å².